The quantitative estimate of drug-likeness (QED) is 0.0146. The van der Waals surface area contributed by atoms with E-state index < -0.39 is 91.5 Å². The van der Waals surface area contributed by atoms with Crippen molar-refractivity contribution in [3.05, 3.63) is 170 Å². The van der Waals surface area contributed by atoms with Gasteiger partial charge in [0.25, 0.3) is 0 Å². The molecule has 0 spiro atoms. The molecule has 0 aromatic rings. The number of hydrogen-bond acceptors (Lipinski definition) is 14. The van der Waals surface area contributed by atoms with Crippen molar-refractivity contribution >= 4 is 33.6 Å². The highest BCUT2D eigenvalue weighted by Gasteiger charge is 2.30. The number of aliphatic hydroxyl groups is 2. The highest BCUT2D eigenvalue weighted by atomic mass is 31.2. The van der Waals surface area contributed by atoms with E-state index in [9.17, 15) is 43.5 Å². The molecule has 0 fully saturated rings. The van der Waals surface area contributed by atoms with E-state index in [1.54, 1.807) is 0 Å². The third-order valence-corrected chi connectivity index (χ3v) is 25.8. The highest BCUT2D eigenvalue weighted by Crippen LogP contribution is 2.45. The fourth-order valence-electron chi connectivity index (χ4n) is 15.5. The molecule has 4 N–H and O–H groups in total. The summed E-state index contributed by atoms with van der Waals surface area (Å²) < 4.78 is 61.8. The second-order valence-corrected chi connectivity index (χ2v) is 40.0. The van der Waals surface area contributed by atoms with E-state index >= 15 is 0 Å². The van der Waals surface area contributed by atoms with Crippen molar-refractivity contribution in [3.8, 4) is 0 Å². The van der Waals surface area contributed by atoms with Gasteiger partial charge in [-0.25, -0.2) is 9.13 Å². The molecule has 0 heterocycles. The van der Waals surface area contributed by atoms with Crippen molar-refractivity contribution in [3.63, 3.8) is 0 Å². The number of phosphoric ester groups is 2. The molecule has 0 aliphatic rings. The lowest BCUT2D eigenvalue weighted by Gasteiger charge is -2.21. The van der Waals surface area contributed by atoms with Gasteiger partial charge in [-0.05, 0) is 161 Å². The Morgan fingerprint density at radius 1 is 0.215 bits per heavy atom. The molecule has 0 aliphatic carbocycles. The van der Waals surface area contributed by atoms with Crippen LogP contribution < -0.4 is 0 Å². The molecule has 16 nitrogen and oxygen atoms in total. The Balaban J connectivity index is 4.59. The first-order valence-corrected chi connectivity index (χ1v) is 58.4. The van der Waals surface area contributed by atoms with E-state index in [-0.39, 0.29) is 19.3 Å². The Bertz CT molecular complexity index is 3140. The maximum absolute atomic E-state index is 13.2. The summed E-state index contributed by atoms with van der Waals surface area (Å²) in [6, 6.07) is 0. The molecule has 0 amide bonds. The standard InChI is InChI=1S/C117H204O16P2/c1-4-7-10-13-16-19-22-25-28-31-34-37-40-43-46-49-52-54-55-57-60-61-64-67-70-73-76-79-82-85-88-91-94-97-100-103-115(120)127-106-112(118)107-129-134(123,124)130-108-113(119)109-131-135(125,126)132-111-114(133-117(122)105-102-99-96-93-90-87-84-81-78-75-72-69-66-63-58-51-48-45-42-39-36-33-30-27-24-21-18-15-12-9-6-3)110-128-116(121)104-101-98-95-92-89-86-83-80-77-74-71-68-65-62-59-56-53-50-47-44-41-38-35-32-29-26-23-20-17-14-11-8-5-2/h8,11,16-21,25-30,34-39,43-48,53,56,112-114,118-119H,4-7,9-10,12-15,22-24,31-33,40-42,49-52,54-55,57-111H2,1-3H3,(H,123,124)(H,125,126)/b11-8-,19-16-,20-17-,21-18-,28-25-,29-26-,30-27-,37-34-,38-35-,39-36-,46-43-,47-44-,48-45-,56-53-. The summed E-state index contributed by atoms with van der Waals surface area (Å²) in [5, 5.41) is 20.8. The minimum atomic E-state index is -4.95. The monoisotopic (exact) mass is 1930 g/mol. The number of hydrogen-bond donors (Lipinski definition) is 4. The van der Waals surface area contributed by atoms with Gasteiger partial charge in [0, 0.05) is 19.3 Å². The van der Waals surface area contributed by atoms with Crippen molar-refractivity contribution in [2.45, 2.75) is 514 Å². The van der Waals surface area contributed by atoms with Gasteiger partial charge < -0.3 is 34.2 Å². The third kappa shape index (κ3) is 109. The summed E-state index contributed by atoms with van der Waals surface area (Å²) in [5.41, 5.74) is 0. The van der Waals surface area contributed by atoms with Crippen LogP contribution in [0.2, 0.25) is 0 Å². The van der Waals surface area contributed by atoms with Crippen LogP contribution in [0, 0.1) is 0 Å². The number of ether oxygens (including phenoxy) is 3. The Hall–Kier alpha value is -5.09. The molecule has 135 heavy (non-hydrogen) atoms. The lowest BCUT2D eigenvalue weighted by atomic mass is 10.0. The number of phosphoric acid groups is 2. The number of rotatable bonds is 105. The molecule has 0 bridgehead atoms. The van der Waals surface area contributed by atoms with Crippen molar-refractivity contribution in [1.82, 2.24) is 0 Å². The van der Waals surface area contributed by atoms with E-state index in [1.165, 1.54) is 289 Å². The number of unbranched alkanes of at least 4 members (excludes halogenated alkanes) is 54. The third-order valence-electron chi connectivity index (χ3n) is 23.9. The first kappa shape index (κ1) is 130. The van der Waals surface area contributed by atoms with Crippen LogP contribution in [-0.2, 0) is 55.8 Å². The van der Waals surface area contributed by atoms with Gasteiger partial charge in [0.2, 0.25) is 0 Å². The molecule has 0 rings (SSSR count). The SMILES string of the molecule is CC/C=C\C/C=C\C/C=C\C/C=C\C/C=C\C/C=C\CCCCCCCCCCCCCCCCC(=O)OCC(COP(=O)(O)OCC(O)COP(=O)(O)OCC(O)COC(=O)CCCCCCCCCCCCCCCCCCCCC/C=C\C/C=C\C/C=C\C/C=C\CCCCC)OC(=O)CCCCCCCCCCCCCCCCC/C=C\C/C=C\C/C=C\C/C=C\CCCCC. The van der Waals surface area contributed by atoms with Crippen molar-refractivity contribution in [1.29, 1.82) is 0 Å². The zero-order chi connectivity index (χ0) is 97.8. The zero-order valence-electron chi connectivity index (χ0n) is 86.5. The molecule has 0 aliphatic heterocycles. The van der Waals surface area contributed by atoms with Gasteiger partial charge in [0.05, 0.1) is 26.4 Å². The van der Waals surface area contributed by atoms with E-state index in [1.807, 2.05) is 0 Å². The summed E-state index contributed by atoms with van der Waals surface area (Å²) in [7, 11) is -9.82. The first-order valence-electron chi connectivity index (χ1n) is 55.4. The van der Waals surface area contributed by atoms with Crippen molar-refractivity contribution < 1.29 is 75.8 Å². The van der Waals surface area contributed by atoms with E-state index in [2.05, 4.69) is 191 Å². The van der Waals surface area contributed by atoms with E-state index in [0.29, 0.717) is 19.3 Å². The van der Waals surface area contributed by atoms with E-state index in [4.69, 9.17) is 32.3 Å². The summed E-state index contributed by atoms with van der Waals surface area (Å²) in [5.74, 6) is -1.55. The van der Waals surface area contributed by atoms with Crippen LogP contribution in [0.15, 0.2) is 170 Å². The van der Waals surface area contributed by atoms with Crippen LogP contribution in [0.4, 0.5) is 0 Å². The van der Waals surface area contributed by atoms with Crippen LogP contribution in [0.5, 0.6) is 0 Å². The predicted octanol–water partition coefficient (Wildman–Crippen LogP) is 35.7. The largest absolute Gasteiger partial charge is 0.472 e. The van der Waals surface area contributed by atoms with Gasteiger partial charge in [0.15, 0.2) is 6.10 Å². The van der Waals surface area contributed by atoms with Gasteiger partial charge >= 0.3 is 33.6 Å². The Morgan fingerprint density at radius 2 is 0.393 bits per heavy atom. The van der Waals surface area contributed by atoms with E-state index in [0.717, 1.165) is 148 Å². The fourth-order valence-corrected chi connectivity index (χ4v) is 17.1. The fraction of sp³-hybridized carbons (Fsp3) is 0.735. The van der Waals surface area contributed by atoms with Crippen molar-refractivity contribution in [2.75, 3.05) is 39.6 Å². The normalized spacial score (nSPS) is 14.2. The molecule has 0 saturated carbocycles. The molecule has 0 aromatic heterocycles. The van der Waals surface area contributed by atoms with Crippen molar-refractivity contribution in [2.24, 2.45) is 0 Å². The molecule has 5 atom stereocenters. The summed E-state index contributed by atoms with van der Waals surface area (Å²) in [6.07, 6.45) is 143. The summed E-state index contributed by atoms with van der Waals surface area (Å²) in [6.45, 7) is 2.61. The van der Waals surface area contributed by atoms with Gasteiger partial charge in [-0.1, -0.05) is 486 Å². The zero-order valence-corrected chi connectivity index (χ0v) is 88.3. The number of allylic oxidation sites excluding steroid dienone is 28. The number of esters is 3. The summed E-state index contributed by atoms with van der Waals surface area (Å²) in [4.78, 5) is 59.4. The summed E-state index contributed by atoms with van der Waals surface area (Å²) >= 11 is 0. The smallest absolute Gasteiger partial charge is 0.463 e. The van der Waals surface area contributed by atoms with Gasteiger partial charge in [0.1, 0.15) is 25.4 Å². The Kier molecular flexibility index (Phi) is 104. The van der Waals surface area contributed by atoms with Gasteiger partial charge in [-0.15, -0.1) is 0 Å². The molecular formula is C117H204O16P2. The molecule has 0 aromatic carbocycles. The average Bonchev–Trinajstić information content (AvgIpc) is 0.895. The lowest BCUT2D eigenvalue weighted by molar-refractivity contribution is -0.161. The van der Waals surface area contributed by atoms with Crippen LogP contribution in [0.1, 0.15) is 496 Å². The number of carbonyl (C=O) groups excluding carboxylic acids is 3. The predicted molar refractivity (Wildman–Crippen MR) is 574 cm³/mol. The Morgan fingerprint density at radius 3 is 0.622 bits per heavy atom. The molecule has 5 unspecified atom stereocenters. The molecule has 0 saturated heterocycles. The minimum absolute atomic E-state index is 0.103. The van der Waals surface area contributed by atoms with Crippen LogP contribution in [0.3, 0.4) is 0 Å². The first-order chi connectivity index (χ1) is 66.2. The topological polar surface area (TPSA) is 231 Å². The van der Waals surface area contributed by atoms with Crippen LogP contribution in [0.25, 0.3) is 0 Å². The average molecular weight is 1930 g/mol. The second kappa shape index (κ2) is 108. The van der Waals surface area contributed by atoms with Crippen LogP contribution >= 0.6 is 15.6 Å². The molecule has 778 valence electrons. The minimum Gasteiger partial charge on any atom is -0.463 e. The maximum atomic E-state index is 13.2. The molecular weight excluding hydrogens is 1720 g/mol. The molecule has 0 radical (unpaired) electrons. The Labute approximate surface area is 828 Å². The van der Waals surface area contributed by atoms with Crippen LogP contribution in [-0.4, -0.2) is 95.9 Å². The molecule has 18 heteroatoms. The number of aliphatic hydroxyl groups excluding tert-OH is 2. The second-order valence-electron chi connectivity index (χ2n) is 37.1. The van der Waals surface area contributed by atoms with Gasteiger partial charge in [-0.3, -0.25) is 32.5 Å². The highest BCUT2D eigenvalue weighted by molar-refractivity contribution is 7.47. The maximum Gasteiger partial charge on any atom is 0.472 e. The van der Waals surface area contributed by atoms with Gasteiger partial charge in [-0.2, -0.15) is 0 Å². The number of carbonyl (C=O) groups is 3. The lowest BCUT2D eigenvalue weighted by Crippen LogP contribution is -2.30.